The van der Waals surface area contributed by atoms with Crippen LogP contribution >= 0.6 is 0 Å². The molecule has 14 heteroatoms. The average Bonchev–Trinajstić information content (AvgIpc) is 3.61. The Balaban J connectivity index is 1.76. The van der Waals surface area contributed by atoms with Crippen molar-refractivity contribution in [1.82, 2.24) is 35.9 Å². The van der Waals surface area contributed by atoms with Crippen LogP contribution in [0.1, 0.15) is 17.0 Å². The van der Waals surface area contributed by atoms with E-state index in [2.05, 4.69) is 35.9 Å². The summed E-state index contributed by atoms with van der Waals surface area (Å²) in [5.74, 6) is -3.57. The highest BCUT2D eigenvalue weighted by Crippen LogP contribution is 2.06. The fraction of sp³-hybridized carbons (Fsp3) is 0.333. The quantitative estimate of drug-likeness (QED) is 0.116. The minimum Gasteiger partial charge on any atom is -0.480 e. The molecule has 0 aliphatic carbocycles. The molecule has 38 heavy (non-hydrogen) atoms. The van der Waals surface area contributed by atoms with E-state index in [0.717, 1.165) is 5.56 Å². The van der Waals surface area contributed by atoms with Crippen LogP contribution < -0.4 is 21.7 Å². The zero-order chi connectivity index (χ0) is 27.5. The predicted octanol–water partition coefficient (Wildman–Crippen LogP) is -1.98. The number of aromatic amines is 2. The van der Waals surface area contributed by atoms with Gasteiger partial charge in [0.05, 0.1) is 25.3 Å². The van der Waals surface area contributed by atoms with Gasteiger partial charge < -0.3 is 41.9 Å². The first kappa shape index (κ1) is 28.0. The molecule has 3 rings (SSSR count). The van der Waals surface area contributed by atoms with E-state index in [9.17, 15) is 29.4 Å². The maximum atomic E-state index is 13.3. The molecule has 0 aliphatic heterocycles. The third-order valence-corrected chi connectivity index (χ3v) is 5.66. The summed E-state index contributed by atoms with van der Waals surface area (Å²) in [6, 6.07) is 4.24. The number of hydrogen-bond donors (Lipinski definition) is 8. The molecule has 14 nitrogen and oxygen atoms in total. The average molecular weight is 527 g/mol. The van der Waals surface area contributed by atoms with Crippen molar-refractivity contribution in [1.29, 1.82) is 0 Å². The summed E-state index contributed by atoms with van der Waals surface area (Å²) >= 11 is 0. The summed E-state index contributed by atoms with van der Waals surface area (Å²) < 4.78 is 0. The van der Waals surface area contributed by atoms with E-state index in [1.54, 1.807) is 0 Å². The summed E-state index contributed by atoms with van der Waals surface area (Å²) in [7, 11) is 0. The molecule has 3 aromatic rings. The maximum absolute atomic E-state index is 13.3. The molecular weight excluding hydrogens is 496 g/mol. The van der Waals surface area contributed by atoms with Gasteiger partial charge >= 0.3 is 5.97 Å². The number of H-pyrrole nitrogens is 2. The van der Waals surface area contributed by atoms with Crippen LogP contribution in [-0.4, -0.2) is 84.6 Å². The second-order valence-electron chi connectivity index (χ2n) is 8.56. The normalized spacial score (nSPS) is 14.1. The summed E-state index contributed by atoms with van der Waals surface area (Å²) in [6.07, 6.45) is 5.94. The SMILES string of the molecule is NC(Cc1ccccc1)C(=O)NC(Cc1cnc[nH]1)C(=O)NC(Cc1cnc[nH]1)C(=O)NC(CO)C(=O)O. The van der Waals surface area contributed by atoms with Crippen molar-refractivity contribution in [3.05, 3.63) is 72.3 Å². The number of hydrogen-bond acceptors (Lipinski definition) is 8. The summed E-state index contributed by atoms with van der Waals surface area (Å²) in [5, 5.41) is 25.9. The van der Waals surface area contributed by atoms with E-state index in [1.165, 1.54) is 25.0 Å². The summed E-state index contributed by atoms with van der Waals surface area (Å²) in [5.41, 5.74) is 7.97. The van der Waals surface area contributed by atoms with Gasteiger partial charge in [0.15, 0.2) is 0 Å². The van der Waals surface area contributed by atoms with Crippen LogP contribution in [0.25, 0.3) is 0 Å². The van der Waals surface area contributed by atoms with E-state index >= 15 is 0 Å². The minimum absolute atomic E-state index is 0.0163. The molecule has 3 amide bonds. The van der Waals surface area contributed by atoms with Gasteiger partial charge in [0, 0.05) is 36.6 Å². The van der Waals surface area contributed by atoms with Crippen molar-refractivity contribution in [3.63, 3.8) is 0 Å². The number of nitrogens with zero attached hydrogens (tertiary/aromatic N) is 2. The lowest BCUT2D eigenvalue weighted by Gasteiger charge is -2.24. The predicted molar refractivity (Wildman–Crippen MR) is 133 cm³/mol. The Hall–Kier alpha value is -4.56. The number of aromatic nitrogens is 4. The molecule has 0 saturated heterocycles. The van der Waals surface area contributed by atoms with Gasteiger partial charge in [-0.2, -0.15) is 0 Å². The first-order valence-corrected chi connectivity index (χ1v) is 11.8. The topological polar surface area (TPSA) is 228 Å². The molecule has 0 aliphatic rings. The van der Waals surface area contributed by atoms with Gasteiger partial charge in [-0.25, -0.2) is 14.8 Å². The first-order valence-electron chi connectivity index (χ1n) is 11.8. The lowest BCUT2D eigenvalue weighted by atomic mass is 10.0. The Kier molecular flexibility index (Phi) is 10.1. The first-order chi connectivity index (χ1) is 18.3. The van der Waals surface area contributed by atoms with Crippen LogP contribution in [0.15, 0.2) is 55.4 Å². The molecular formula is C24H30N8O6. The number of aliphatic carboxylic acids is 1. The van der Waals surface area contributed by atoms with Crippen LogP contribution in [0.3, 0.4) is 0 Å². The van der Waals surface area contributed by atoms with Crippen LogP contribution in [0.2, 0.25) is 0 Å². The number of nitrogens with two attached hydrogens (primary N) is 1. The van der Waals surface area contributed by atoms with Crippen LogP contribution in [0.5, 0.6) is 0 Å². The molecule has 0 bridgehead atoms. The molecule has 0 saturated carbocycles. The lowest BCUT2D eigenvalue weighted by Crippen LogP contribution is -2.58. The van der Waals surface area contributed by atoms with E-state index in [-0.39, 0.29) is 19.3 Å². The number of carboxylic acid groups (broad SMARTS) is 1. The molecule has 202 valence electrons. The van der Waals surface area contributed by atoms with Crippen molar-refractivity contribution in [2.45, 2.75) is 43.4 Å². The Morgan fingerprint density at radius 3 is 1.74 bits per heavy atom. The zero-order valence-corrected chi connectivity index (χ0v) is 20.3. The van der Waals surface area contributed by atoms with Gasteiger partial charge in [-0.15, -0.1) is 0 Å². The number of carbonyl (C=O) groups is 4. The Labute approximate surface area is 217 Å². The zero-order valence-electron chi connectivity index (χ0n) is 20.3. The number of benzene rings is 1. The number of nitrogens with one attached hydrogen (secondary N) is 5. The number of carbonyl (C=O) groups excluding carboxylic acids is 3. The molecule has 4 unspecified atom stereocenters. The monoisotopic (exact) mass is 526 g/mol. The molecule has 1 aromatic carbocycles. The Bertz CT molecular complexity index is 1190. The maximum Gasteiger partial charge on any atom is 0.328 e. The summed E-state index contributed by atoms with van der Waals surface area (Å²) in [4.78, 5) is 63.9. The second kappa shape index (κ2) is 13.7. The number of aliphatic hydroxyl groups is 1. The molecule has 2 aromatic heterocycles. The van der Waals surface area contributed by atoms with Gasteiger partial charge in [0.1, 0.15) is 18.1 Å². The Morgan fingerprint density at radius 2 is 1.29 bits per heavy atom. The third-order valence-electron chi connectivity index (χ3n) is 5.66. The van der Waals surface area contributed by atoms with Crippen LogP contribution in [0, 0.1) is 0 Å². The van der Waals surface area contributed by atoms with Crippen molar-refractivity contribution in [2.24, 2.45) is 5.73 Å². The molecule has 0 fully saturated rings. The number of carboxylic acids is 1. The molecule has 9 N–H and O–H groups in total. The molecule has 0 radical (unpaired) electrons. The van der Waals surface area contributed by atoms with Gasteiger partial charge in [0.2, 0.25) is 17.7 Å². The molecule has 4 atom stereocenters. The minimum atomic E-state index is -1.57. The van der Waals surface area contributed by atoms with E-state index < -0.39 is 54.5 Å². The van der Waals surface area contributed by atoms with E-state index in [1.807, 2.05) is 30.3 Å². The highest BCUT2D eigenvalue weighted by atomic mass is 16.4. The largest absolute Gasteiger partial charge is 0.480 e. The van der Waals surface area contributed by atoms with Crippen molar-refractivity contribution in [2.75, 3.05) is 6.61 Å². The molecule has 2 heterocycles. The van der Waals surface area contributed by atoms with Gasteiger partial charge in [-0.05, 0) is 12.0 Å². The smallest absolute Gasteiger partial charge is 0.328 e. The lowest BCUT2D eigenvalue weighted by molar-refractivity contribution is -0.143. The van der Waals surface area contributed by atoms with E-state index in [0.29, 0.717) is 11.4 Å². The fourth-order valence-electron chi connectivity index (χ4n) is 3.62. The standard InChI is InChI=1S/C24H30N8O6/c25-17(6-14-4-2-1-3-5-14)21(34)30-18(7-15-9-26-12-28-15)22(35)31-19(8-16-10-27-13-29-16)23(36)32-20(11-33)24(37)38/h1-5,9-10,12-13,17-20,33H,6-8,11,25H2,(H,26,28)(H,27,29)(H,30,34)(H,31,35)(H,32,36)(H,37,38). The van der Waals surface area contributed by atoms with Crippen molar-refractivity contribution < 1.29 is 29.4 Å². The Morgan fingerprint density at radius 1 is 0.789 bits per heavy atom. The third kappa shape index (κ3) is 8.25. The van der Waals surface area contributed by atoms with Crippen LogP contribution in [0.4, 0.5) is 0 Å². The number of aliphatic hydroxyl groups excluding tert-OH is 1. The number of amides is 3. The molecule has 0 spiro atoms. The van der Waals surface area contributed by atoms with Crippen molar-refractivity contribution in [3.8, 4) is 0 Å². The summed E-state index contributed by atoms with van der Waals surface area (Å²) in [6.45, 7) is -0.844. The number of imidazole rings is 2. The van der Waals surface area contributed by atoms with Gasteiger partial charge in [-0.1, -0.05) is 30.3 Å². The second-order valence-corrected chi connectivity index (χ2v) is 8.56. The highest BCUT2D eigenvalue weighted by molar-refractivity contribution is 5.94. The van der Waals surface area contributed by atoms with Crippen LogP contribution in [-0.2, 0) is 38.4 Å². The van der Waals surface area contributed by atoms with Gasteiger partial charge in [-0.3, -0.25) is 14.4 Å². The fourth-order valence-corrected chi connectivity index (χ4v) is 3.62. The number of rotatable bonds is 14. The highest BCUT2D eigenvalue weighted by Gasteiger charge is 2.31. The van der Waals surface area contributed by atoms with Gasteiger partial charge in [0.25, 0.3) is 0 Å². The van der Waals surface area contributed by atoms with E-state index in [4.69, 9.17) is 5.73 Å². The van der Waals surface area contributed by atoms with Crippen molar-refractivity contribution >= 4 is 23.7 Å².